The van der Waals surface area contributed by atoms with Gasteiger partial charge in [-0.3, -0.25) is 0 Å². The van der Waals surface area contributed by atoms with Crippen molar-refractivity contribution in [2.24, 2.45) is 5.92 Å². The van der Waals surface area contributed by atoms with Crippen molar-refractivity contribution in [1.82, 2.24) is 0 Å². The minimum absolute atomic E-state index is 0.293. The number of hydrogen-bond acceptors (Lipinski definition) is 2. The molecule has 1 N–H and O–H groups in total. The number of hydrogen-bond donors (Lipinski definition) is 1. The van der Waals surface area contributed by atoms with E-state index >= 15 is 0 Å². The molecular formula is C15H20O2S. The van der Waals surface area contributed by atoms with Crippen LogP contribution in [0.5, 0.6) is 0 Å². The standard InChI is InChI=1S/C15H20O2S/c1-4-5-11(2)10-14(15(16)17)12-6-8-13(18-3)9-7-12/h6-11H,4-5H2,1-3H3,(H,16,17). The quantitative estimate of drug-likeness (QED) is 0.614. The third-order valence-corrected chi connectivity index (χ3v) is 3.57. The van der Waals surface area contributed by atoms with Crippen molar-refractivity contribution in [2.75, 3.05) is 6.26 Å². The Morgan fingerprint density at radius 3 is 2.44 bits per heavy atom. The van der Waals surface area contributed by atoms with Crippen LogP contribution in [0.4, 0.5) is 0 Å². The molecule has 0 aromatic heterocycles. The van der Waals surface area contributed by atoms with Gasteiger partial charge in [-0.1, -0.05) is 38.5 Å². The van der Waals surface area contributed by atoms with Crippen LogP contribution in [0.25, 0.3) is 5.57 Å². The van der Waals surface area contributed by atoms with Crippen molar-refractivity contribution >= 4 is 23.3 Å². The normalized spacial score (nSPS) is 13.4. The lowest BCUT2D eigenvalue weighted by atomic mass is 9.98. The van der Waals surface area contributed by atoms with E-state index in [-0.39, 0.29) is 0 Å². The fraction of sp³-hybridized carbons (Fsp3) is 0.400. The van der Waals surface area contributed by atoms with Crippen LogP contribution in [0.2, 0.25) is 0 Å². The second kappa shape index (κ2) is 7.27. The van der Waals surface area contributed by atoms with E-state index < -0.39 is 5.97 Å². The van der Waals surface area contributed by atoms with Crippen LogP contribution in [0.1, 0.15) is 32.3 Å². The molecule has 0 fully saturated rings. The molecular weight excluding hydrogens is 244 g/mol. The van der Waals surface area contributed by atoms with Gasteiger partial charge in [-0.15, -0.1) is 11.8 Å². The number of allylic oxidation sites excluding steroid dienone is 1. The Kier molecular flexibility index (Phi) is 5.99. The van der Waals surface area contributed by atoms with Gasteiger partial charge in [-0.25, -0.2) is 4.79 Å². The third kappa shape index (κ3) is 4.22. The van der Waals surface area contributed by atoms with Gasteiger partial charge in [0.1, 0.15) is 0 Å². The zero-order chi connectivity index (χ0) is 13.5. The second-order valence-electron chi connectivity index (χ2n) is 4.38. The van der Waals surface area contributed by atoms with E-state index in [4.69, 9.17) is 0 Å². The van der Waals surface area contributed by atoms with Gasteiger partial charge < -0.3 is 5.11 Å². The zero-order valence-electron chi connectivity index (χ0n) is 11.1. The second-order valence-corrected chi connectivity index (χ2v) is 5.26. The van der Waals surface area contributed by atoms with Crippen molar-refractivity contribution < 1.29 is 9.90 Å². The van der Waals surface area contributed by atoms with E-state index in [1.165, 1.54) is 0 Å². The van der Waals surface area contributed by atoms with Crippen LogP contribution in [-0.2, 0) is 4.79 Å². The first-order valence-electron chi connectivity index (χ1n) is 6.18. The lowest BCUT2D eigenvalue weighted by Gasteiger charge is -2.08. The fourth-order valence-corrected chi connectivity index (χ4v) is 2.29. The number of rotatable bonds is 6. The molecule has 98 valence electrons. The largest absolute Gasteiger partial charge is 0.478 e. The van der Waals surface area contributed by atoms with Crippen LogP contribution in [0.15, 0.2) is 35.2 Å². The van der Waals surface area contributed by atoms with Crippen molar-refractivity contribution in [2.45, 2.75) is 31.6 Å². The molecule has 1 aromatic rings. The molecule has 1 aromatic carbocycles. The Bertz CT molecular complexity index is 421. The lowest BCUT2D eigenvalue weighted by molar-refractivity contribution is -0.130. The van der Waals surface area contributed by atoms with Crippen LogP contribution in [0, 0.1) is 5.92 Å². The van der Waals surface area contributed by atoms with Gasteiger partial charge >= 0.3 is 5.97 Å². The minimum Gasteiger partial charge on any atom is -0.478 e. The third-order valence-electron chi connectivity index (χ3n) is 2.83. The highest BCUT2D eigenvalue weighted by Gasteiger charge is 2.11. The molecule has 0 aliphatic carbocycles. The number of aliphatic carboxylic acids is 1. The first-order chi connectivity index (χ1) is 8.58. The van der Waals surface area contributed by atoms with Crippen LogP contribution >= 0.6 is 11.8 Å². The maximum Gasteiger partial charge on any atom is 0.335 e. The maximum atomic E-state index is 11.3. The average molecular weight is 264 g/mol. The SMILES string of the molecule is CCCC(C)C=C(C(=O)O)c1ccc(SC)cc1. The smallest absolute Gasteiger partial charge is 0.335 e. The van der Waals surface area contributed by atoms with Crippen molar-refractivity contribution in [3.8, 4) is 0 Å². The highest BCUT2D eigenvalue weighted by molar-refractivity contribution is 7.98. The first kappa shape index (κ1) is 14.8. The van der Waals surface area contributed by atoms with E-state index in [1.54, 1.807) is 11.8 Å². The van der Waals surface area contributed by atoms with Crippen molar-refractivity contribution in [3.63, 3.8) is 0 Å². The maximum absolute atomic E-state index is 11.3. The summed E-state index contributed by atoms with van der Waals surface area (Å²) in [6, 6.07) is 7.68. The summed E-state index contributed by atoms with van der Waals surface area (Å²) in [4.78, 5) is 12.5. The molecule has 1 rings (SSSR count). The number of carboxylic acids is 1. The summed E-state index contributed by atoms with van der Waals surface area (Å²) in [7, 11) is 0. The monoisotopic (exact) mass is 264 g/mol. The molecule has 2 nitrogen and oxygen atoms in total. The van der Waals surface area contributed by atoms with Gasteiger partial charge in [-0.05, 0) is 36.3 Å². The number of carboxylic acid groups (broad SMARTS) is 1. The summed E-state index contributed by atoms with van der Waals surface area (Å²) in [5.41, 5.74) is 1.19. The highest BCUT2D eigenvalue weighted by Crippen LogP contribution is 2.22. The number of benzene rings is 1. The van der Waals surface area contributed by atoms with E-state index in [0.717, 1.165) is 23.3 Å². The molecule has 0 amide bonds. The van der Waals surface area contributed by atoms with Gasteiger partial charge in [0.05, 0.1) is 5.57 Å². The van der Waals surface area contributed by atoms with E-state index in [0.29, 0.717) is 11.5 Å². The Hall–Kier alpha value is -1.22. The topological polar surface area (TPSA) is 37.3 Å². The molecule has 18 heavy (non-hydrogen) atoms. The van der Waals surface area contributed by atoms with Gasteiger partial charge in [0.2, 0.25) is 0 Å². The molecule has 0 heterocycles. The summed E-state index contributed by atoms with van der Waals surface area (Å²) in [5, 5.41) is 9.30. The highest BCUT2D eigenvalue weighted by atomic mass is 32.2. The minimum atomic E-state index is -0.852. The fourth-order valence-electron chi connectivity index (χ4n) is 1.88. The summed E-state index contributed by atoms with van der Waals surface area (Å²) in [6.07, 6.45) is 5.95. The van der Waals surface area contributed by atoms with Gasteiger partial charge in [-0.2, -0.15) is 0 Å². The van der Waals surface area contributed by atoms with Gasteiger partial charge in [0.15, 0.2) is 0 Å². The van der Waals surface area contributed by atoms with E-state index in [1.807, 2.05) is 36.6 Å². The molecule has 0 saturated carbocycles. The van der Waals surface area contributed by atoms with E-state index in [2.05, 4.69) is 13.8 Å². The molecule has 0 radical (unpaired) electrons. The zero-order valence-corrected chi connectivity index (χ0v) is 12.0. The van der Waals surface area contributed by atoms with Crippen molar-refractivity contribution in [1.29, 1.82) is 0 Å². The lowest BCUT2D eigenvalue weighted by Crippen LogP contribution is -2.02. The summed E-state index contributed by atoms with van der Waals surface area (Å²) >= 11 is 1.65. The van der Waals surface area contributed by atoms with Crippen LogP contribution in [0.3, 0.4) is 0 Å². The Balaban J connectivity index is 3.00. The summed E-state index contributed by atoms with van der Waals surface area (Å²) in [6.45, 7) is 4.17. The predicted molar refractivity (Wildman–Crippen MR) is 77.9 cm³/mol. The molecule has 0 bridgehead atoms. The predicted octanol–water partition coefficient (Wildman–Crippen LogP) is 4.31. The first-order valence-corrected chi connectivity index (χ1v) is 7.40. The molecule has 1 atom stereocenters. The van der Waals surface area contributed by atoms with Crippen molar-refractivity contribution in [3.05, 3.63) is 35.9 Å². The Morgan fingerprint density at radius 1 is 1.39 bits per heavy atom. The van der Waals surface area contributed by atoms with Crippen LogP contribution in [-0.4, -0.2) is 17.3 Å². The molecule has 0 aliphatic heterocycles. The Labute approximate surface area is 113 Å². The van der Waals surface area contributed by atoms with Gasteiger partial charge in [0, 0.05) is 4.90 Å². The molecule has 0 saturated heterocycles. The molecule has 0 spiro atoms. The molecule has 3 heteroatoms. The van der Waals surface area contributed by atoms with E-state index in [9.17, 15) is 9.90 Å². The Morgan fingerprint density at radius 2 is 2.00 bits per heavy atom. The molecule has 0 aliphatic rings. The van der Waals surface area contributed by atoms with Gasteiger partial charge in [0.25, 0.3) is 0 Å². The molecule has 1 unspecified atom stereocenters. The number of thioether (sulfide) groups is 1. The average Bonchev–Trinajstić information content (AvgIpc) is 2.36. The van der Waals surface area contributed by atoms with Crippen LogP contribution < -0.4 is 0 Å². The summed E-state index contributed by atoms with van der Waals surface area (Å²) < 4.78 is 0. The number of carbonyl (C=O) groups is 1. The summed E-state index contributed by atoms with van der Waals surface area (Å²) in [5.74, 6) is -0.559.